The van der Waals surface area contributed by atoms with E-state index >= 15 is 0 Å². The summed E-state index contributed by atoms with van der Waals surface area (Å²) >= 11 is 0. The molecule has 1 aromatic heterocycles. The van der Waals surface area contributed by atoms with Crippen molar-refractivity contribution < 1.29 is 9.47 Å². The zero-order chi connectivity index (χ0) is 14.8. The van der Waals surface area contributed by atoms with Crippen LogP contribution < -0.4 is 10.1 Å². The van der Waals surface area contributed by atoms with Gasteiger partial charge in [-0.3, -0.25) is 0 Å². The Hall–Kier alpha value is -1.20. The molecular formula is C15H27N3O2. The molecule has 0 fully saturated rings. The smallest absolute Gasteiger partial charge is 0.233 e. The van der Waals surface area contributed by atoms with Crippen molar-refractivity contribution >= 4 is 0 Å². The molecule has 0 atom stereocenters. The van der Waals surface area contributed by atoms with Crippen LogP contribution in [0, 0.1) is 0 Å². The van der Waals surface area contributed by atoms with Crippen LogP contribution in [0.1, 0.15) is 46.2 Å². The maximum atomic E-state index is 5.47. The van der Waals surface area contributed by atoms with E-state index in [9.17, 15) is 0 Å². The molecule has 0 bridgehead atoms. The van der Waals surface area contributed by atoms with E-state index in [0.29, 0.717) is 25.6 Å². The Morgan fingerprint density at radius 2 is 1.90 bits per heavy atom. The highest BCUT2D eigenvalue weighted by molar-refractivity contribution is 5.11. The molecule has 20 heavy (non-hydrogen) atoms. The molecule has 1 N–H and O–H groups in total. The van der Waals surface area contributed by atoms with Gasteiger partial charge in [-0.25, -0.2) is 0 Å². The average Bonchev–Trinajstić information content (AvgIpc) is 2.41. The van der Waals surface area contributed by atoms with Gasteiger partial charge < -0.3 is 14.8 Å². The second-order valence-corrected chi connectivity index (χ2v) is 5.78. The van der Waals surface area contributed by atoms with E-state index in [1.807, 2.05) is 12.1 Å². The maximum Gasteiger partial charge on any atom is 0.233 e. The monoisotopic (exact) mass is 281 g/mol. The van der Waals surface area contributed by atoms with Gasteiger partial charge in [0.15, 0.2) is 0 Å². The summed E-state index contributed by atoms with van der Waals surface area (Å²) in [5.74, 6) is 0.545. The number of aromatic nitrogens is 2. The Balaban J connectivity index is 2.21. The van der Waals surface area contributed by atoms with E-state index in [1.165, 1.54) is 0 Å². The van der Waals surface area contributed by atoms with E-state index < -0.39 is 0 Å². The largest absolute Gasteiger partial charge is 0.474 e. The molecule has 1 rings (SSSR count). The minimum atomic E-state index is 0.0761. The molecule has 0 spiro atoms. The number of nitrogens with zero attached hydrogens (tertiary/aromatic N) is 2. The lowest BCUT2D eigenvalue weighted by atomic mass is 10.1. The molecule has 1 aromatic rings. The summed E-state index contributed by atoms with van der Waals surface area (Å²) in [7, 11) is 0. The third-order valence-corrected chi connectivity index (χ3v) is 2.61. The van der Waals surface area contributed by atoms with E-state index in [4.69, 9.17) is 9.47 Å². The SMILES string of the molecule is CCCCOCCOc1ccc(CNC(C)(C)C)nn1. The summed E-state index contributed by atoms with van der Waals surface area (Å²) in [5, 5.41) is 11.5. The van der Waals surface area contributed by atoms with Crippen molar-refractivity contribution in [3.8, 4) is 5.88 Å². The van der Waals surface area contributed by atoms with Crippen LogP contribution in [0.15, 0.2) is 12.1 Å². The van der Waals surface area contributed by atoms with Crippen molar-refractivity contribution in [1.29, 1.82) is 0 Å². The van der Waals surface area contributed by atoms with E-state index in [0.717, 1.165) is 25.1 Å². The molecule has 5 nitrogen and oxygen atoms in total. The number of nitrogens with one attached hydrogen (secondary N) is 1. The Morgan fingerprint density at radius 3 is 2.50 bits per heavy atom. The first-order valence-electron chi connectivity index (χ1n) is 7.29. The van der Waals surface area contributed by atoms with Crippen molar-refractivity contribution in [2.45, 2.75) is 52.6 Å². The molecular weight excluding hydrogens is 254 g/mol. The first-order valence-corrected chi connectivity index (χ1v) is 7.29. The lowest BCUT2D eigenvalue weighted by Gasteiger charge is -2.19. The van der Waals surface area contributed by atoms with Gasteiger partial charge in [-0.05, 0) is 33.3 Å². The van der Waals surface area contributed by atoms with Gasteiger partial charge in [0, 0.05) is 24.8 Å². The van der Waals surface area contributed by atoms with Gasteiger partial charge >= 0.3 is 0 Å². The Bertz CT molecular complexity index is 360. The van der Waals surface area contributed by atoms with Crippen molar-refractivity contribution in [2.24, 2.45) is 0 Å². The molecule has 0 saturated heterocycles. The summed E-state index contributed by atoms with van der Waals surface area (Å²) < 4.78 is 10.9. The second-order valence-electron chi connectivity index (χ2n) is 5.78. The summed E-state index contributed by atoms with van der Waals surface area (Å²) in [5.41, 5.74) is 0.985. The van der Waals surface area contributed by atoms with Gasteiger partial charge in [0.2, 0.25) is 5.88 Å². The second kappa shape index (κ2) is 8.87. The van der Waals surface area contributed by atoms with Gasteiger partial charge in [-0.1, -0.05) is 13.3 Å². The van der Waals surface area contributed by atoms with Crippen molar-refractivity contribution in [1.82, 2.24) is 15.5 Å². The van der Waals surface area contributed by atoms with Crippen molar-refractivity contribution in [3.63, 3.8) is 0 Å². The fraction of sp³-hybridized carbons (Fsp3) is 0.733. The van der Waals surface area contributed by atoms with Crippen LogP contribution in [-0.4, -0.2) is 35.6 Å². The molecule has 0 aliphatic carbocycles. The minimum absolute atomic E-state index is 0.0761. The standard InChI is InChI=1S/C15H27N3O2/c1-5-6-9-19-10-11-20-14-8-7-13(17-18-14)12-16-15(2,3)4/h7-8,16H,5-6,9-12H2,1-4H3. The molecule has 114 valence electrons. The summed E-state index contributed by atoms with van der Waals surface area (Å²) in [6.45, 7) is 11.1. The van der Waals surface area contributed by atoms with Gasteiger partial charge in [0.1, 0.15) is 6.61 Å². The van der Waals surface area contributed by atoms with Gasteiger partial charge in [0.05, 0.1) is 12.3 Å². The molecule has 0 amide bonds. The Labute approximate surface area is 122 Å². The predicted octanol–water partition coefficient (Wildman–Crippen LogP) is 2.56. The highest BCUT2D eigenvalue weighted by Gasteiger charge is 2.09. The number of hydrogen-bond donors (Lipinski definition) is 1. The highest BCUT2D eigenvalue weighted by Crippen LogP contribution is 2.06. The lowest BCUT2D eigenvalue weighted by Crippen LogP contribution is -2.35. The van der Waals surface area contributed by atoms with Crippen LogP contribution in [0.4, 0.5) is 0 Å². The highest BCUT2D eigenvalue weighted by atomic mass is 16.5. The Morgan fingerprint density at radius 1 is 1.10 bits per heavy atom. The summed E-state index contributed by atoms with van der Waals surface area (Å²) in [6.07, 6.45) is 2.24. The molecule has 0 unspecified atom stereocenters. The first kappa shape index (κ1) is 16.9. The zero-order valence-corrected chi connectivity index (χ0v) is 13.1. The molecule has 1 heterocycles. The van der Waals surface area contributed by atoms with Gasteiger partial charge in [-0.2, -0.15) is 5.10 Å². The molecule has 0 aliphatic rings. The first-order chi connectivity index (χ1) is 9.51. The normalized spacial score (nSPS) is 11.6. The third-order valence-electron chi connectivity index (χ3n) is 2.61. The topological polar surface area (TPSA) is 56.3 Å². The van der Waals surface area contributed by atoms with Gasteiger partial charge in [0.25, 0.3) is 0 Å². The minimum Gasteiger partial charge on any atom is -0.474 e. The van der Waals surface area contributed by atoms with Crippen LogP contribution in [0.25, 0.3) is 0 Å². The van der Waals surface area contributed by atoms with Crippen LogP contribution >= 0.6 is 0 Å². The number of rotatable bonds is 9. The molecule has 0 aliphatic heterocycles. The van der Waals surface area contributed by atoms with Gasteiger partial charge in [-0.15, -0.1) is 5.10 Å². The molecule has 0 radical (unpaired) electrons. The van der Waals surface area contributed by atoms with E-state index in [1.54, 1.807) is 0 Å². The fourth-order valence-electron chi connectivity index (χ4n) is 1.43. The lowest BCUT2D eigenvalue weighted by molar-refractivity contribution is 0.0961. The molecule has 0 aromatic carbocycles. The average molecular weight is 281 g/mol. The predicted molar refractivity (Wildman–Crippen MR) is 79.8 cm³/mol. The maximum absolute atomic E-state index is 5.47. The van der Waals surface area contributed by atoms with Crippen molar-refractivity contribution in [2.75, 3.05) is 19.8 Å². The molecule has 5 heteroatoms. The summed E-state index contributed by atoms with van der Waals surface area (Å²) in [6, 6.07) is 3.78. The number of hydrogen-bond acceptors (Lipinski definition) is 5. The van der Waals surface area contributed by atoms with Crippen LogP contribution in [0.2, 0.25) is 0 Å². The van der Waals surface area contributed by atoms with Crippen LogP contribution in [-0.2, 0) is 11.3 Å². The third kappa shape index (κ3) is 8.07. The quantitative estimate of drug-likeness (QED) is 0.705. The Kier molecular flexibility index (Phi) is 7.47. The fourth-order valence-corrected chi connectivity index (χ4v) is 1.43. The molecule has 0 saturated carbocycles. The zero-order valence-electron chi connectivity index (χ0n) is 13.1. The van der Waals surface area contributed by atoms with Crippen molar-refractivity contribution in [3.05, 3.63) is 17.8 Å². The van der Waals surface area contributed by atoms with Crippen LogP contribution in [0.3, 0.4) is 0 Å². The summed E-state index contributed by atoms with van der Waals surface area (Å²) in [4.78, 5) is 0. The van der Waals surface area contributed by atoms with E-state index in [-0.39, 0.29) is 5.54 Å². The number of unbranched alkanes of at least 4 members (excludes halogenated alkanes) is 1. The van der Waals surface area contributed by atoms with E-state index in [2.05, 4.69) is 43.2 Å². The number of ether oxygens (including phenoxy) is 2. The van der Waals surface area contributed by atoms with Crippen LogP contribution in [0.5, 0.6) is 5.88 Å².